The lowest BCUT2D eigenvalue weighted by Gasteiger charge is -2.15. The van der Waals surface area contributed by atoms with Crippen LogP contribution in [0.1, 0.15) is 24.1 Å². The van der Waals surface area contributed by atoms with Crippen molar-refractivity contribution in [3.63, 3.8) is 0 Å². The summed E-state index contributed by atoms with van der Waals surface area (Å²) in [5.41, 5.74) is 1.03. The first-order valence-electron chi connectivity index (χ1n) is 6.26. The van der Waals surface area contributed by atoms with E-state index in [1.807, 2.05) is 6.07 Å². The molecule has 0 saturated carbocycles. The molecule has 0 fully saturated rings. The number of halogens is 1. The van der Waals surface area contributed by atoms with Gasteiger partial charge in [-0.15, -0.1) is 0 Å². The second-order valence-electron chi connectivity index (χ2n) is 4.61. The predicted molar refractivity (Wildman–Crippen MR) is 77.0 cm³/mol. The van der Waals surface area contributed by atoms with Gasteiger partial charge in [-0.3, -0.25) is 0 Å². The minimum absolute atomic E-state index is 0.118. The van der Waals surface area contributed by atoms with E-state index >= 15 is 0 Å². The molecular weight excluding hydrogens is 277 g/mol. The fraction of sp³-hybridized carbons (Fsp3) is 0.200. The number of rotatable bonds is 5. The van der Waals surface area contributed by atoms with Gasteiger partial charge in [0.2, 0.25) is 10.0 Å². The highest BCUT2D eigenvalue weighted by atomic mass is 32.2. The van der Waals surface area contributed by atoms with Crippen molar-refractivity contribution in [1.29, 1.82) is 0 Å². The normalized spacial score (nSPS) is 13.1. The summed E-state index contributed by atoms with van der Waals surface area (Å²) >= 11 is 0. The van der Waals surface area contributed by atoms with Crippen LogP contribution in [-0.2, 0) is 15.8 Å². The van der Waals surface area contributed by atoms with Gasteiger partial charge >= 0.3 is 0 Å². The highest BCUT2D eigenvalue weighted by Gasteiger charge is 2.18. The van der Waals surface area contributed by atoms with E-state index in [0.29, 0.717) is 11.1 Å². The van der Waals surface area contributed by atoms with Crippen molar-refractivity contribution in [3.05, 3.63) is 71.5 Å². The van der Waals surface area contributed by atoms with Gasteiger partial charge in [0.1, 0.15) is 5.82 Å². The van der Waals surface area contributed by atoms with Gasteiger partial charge in [0.05, 0.1) is 5.75 Å². The van der Waals surface area contributed by atoms with Gasteiger partial charge in [0.25, 0.3) is 0 Å². The average Bonchev–Trinajstić information content (AvgIpc) is 2.39. The second kappa shape index (κ2) is 6.15. The Bertz CT molecular complexity index is 671. The minimum atomic E-state index is -3.52. The van der Waals surface area contributed by atoms with Crippen LogP contribution >= 0.6 is 0 Å². The molecule has 2 rings (SSSR count). The molecule has 0 spiro atoms. The lowest BCUT2D eigenvalue weighted by molar-refractivity contribution is 0.549. The first-order valence-corrected chi connectivity index (χ1v) is 7.91. The molecule has 1 atom stereocenters. The molecule has 0 aliphatic rings. The van der Waals surface area contributed by atoms with Crippen molar-refractivity contribution in [2.24, 2.45) is 0 Å². The zero-order valence-corrected chi connectivity index (χ0v) is 11.9. The summed E-state index contributed by atoms with van der Waals surface area (Å²) in [4.78, 5) is 0. The fourth-order valence-corrected chi connectivity index (χ4v) is 3.37. The van der Waals surface area contributed by atoms with Crippen LogP contribution in [0.5, 0.6) is 0 Å². The molecule has 0 amide bonds. The Balaban J connectivity index is 2.11. The molecule has 0 bridgehead atoms. The molecule has 2 aromatic carbocycles. The lowest BCUT2D eigenvalue weighted by Crippen LogP contribution is -2.28. The molecule has 0 aliphatic heterocycles. The highest BCUT2D eigenvalue weighted by Crippen LogP contribution is 2.17. The summed E-state index contributed by atoms with van der Waals surface area (Å²) in [5.74, 6) is -0.533. The summed E-state index contributed by atoms with van der Waals surface area (Å²) in [6, 6.07) is 14.4. The van der Waals surface area contributed by atoms with E-state index in [0.717, 1.165) is 0 Å². The number of nitrogens with one attached hydrogen (secondary N) is 1. The number of hydrogen-bond acceptors (Lipinski definition) is 2. The van der Waals surface area contributed by atoms with Crippen LogP contribution in [0.15, 0.2) is 54.6 Å². The quantitative estimate of drug-likeness (QED) is 0.921. The fourth-order valence-electron chi connectivity index (χ4n) is 1.99. The zero-order chi connectivity index (χ0) is 14.6. The van der Waals surface area contributed by atoms with Gasteiger partial charge in [-0.1, -0.05) is 48.5 Å². The van der Waals surface area contributed by atoms with E-state index in [9.17, 15) is 12.8 Å². The van der Waals surface area contributed by atoms with Crippen LogP contribution < -0.4 is 4.72 Å². The SMILES string of the molecule is CC(NS(=O)(=O)Cc1ccccc1)c1ccccc1F. The monoisotopic (exact) mass is 293 g/mol. The van der Waals surface area contributed by atoms with E-state index in [4.69, 9.17) is 0 Å². The maximum absolute atomic E-state index is 13.6. The molecule has 0 aliphatic carbocycles. The van der Waals surface area contributed by atoms with Crippen LogP contribution in [-0.4, -0.2) is 8.42 Å². The number of hydrogen-bond donors (Lipinski definition) is 1. The van der Waals surface area contributed by atoms with E-state index in [1.54, 1.807) is 49.4 Å². The molecule has 0 heterocycles. The number of benzene rings is 2. The maximum atomic E-state index is 13.6. The van der Waals surface area contributed by atoms with E-state index < -0.39 is 21.9 Å². The van der Waals surface area contributed by atoms with Gasteiger partial charge < -0.3 is 0 Å². The largest absolute Gasteiger partial charge is 0.216 e. The molecule has 1 N–H and O–H groups in total. The van der Waals surface area contributed by atoms with E-state index in [2.05, 4.69) is 4.72 Å². The molecule has 3 nitrogen and oxygen atoms in total. The summed E-state index contributed by atoms with van der Waals surface area (Å²) < 4.78 is 40.2. The van der Waals surface area contributed by atoms with Crippen LogP contribution in [0.25, 0.3) is 0 Å². The van der Waals surface area contributed by atoms with Gasteiger partial charge in [-0.25, -0.2) is 17.5 Å². The molecule has 106 valence electrons. The van der Waals surface area contributed by atoms with E-state index in [-0.39, 0.29) is 5.75 Å². The highest BCUT2D eigenvalue weighted by molar-refractivity contribution is 7.88. The van der Waals surface area contributed by atoms with Crippen LogP contribution in [0.4, 0.5) is 4.39 Å². The molecule has 0 saturated heterocycles. The summed E-state index contributed by atoms with van der Waals surface area (Å²) in [7, 11) is -3.52. The first-order chi connectivity index (χ1) is 9.48. The standard InChI is InChI=1S/C15H16FNO2S/c1-12(14-9-5-6-10-15(14)16)17-20(18,19)11-13-7-3-2-4-8-13/h2-10,12,17H,11H2,1H3. The van der Waals surface area contributed by atoms with Gasteiger partial charge in [-0.05, 0) is 18.6 Å². The second-order valence-corrected chi connectivity index (χ2v) is 6.36. The smallest absolute Gasteiger partial charge is 0.212 e. The lowest BCUT2D eigenvalue weighted by atomic mass is 10.1. The maximum Gasteiger partial charge on any atom is 0.216 e. The topological polar surface area (TPSA) is 46.2 Å². The van der Waals surface area contributed by atoms with Gasteiger partial charge in [-0.2, -0.15) is 0 Å². The van der Waals surface area contributed by atoms with Crippen LogP contribution in [0.2, 0.25) is 0 Å². The summed E-state index contributed by atoms with van der Waals surface area (Å²) in [6.07, 6.45) is 0. The van der Waals surface area contributed by atoms with Gasteiger partial charge in [0, 0.05) is 11.6 Å². The van der Waals surface area contributed by atoms with Crippen molar-refractivity contribution < 1.29 is 12.8 Å². The summed E-state index contributed by atoms with van der Waals surface area (Å²) in [6.45, 7) is 1.63. The van der Waals surface area contributed by atoms with Crippen molar-refractivity contribution in [3.8, 4) is 0 Å². The molecule has 2 aromatic rings. The van der Waals surface area contributed by atoms with Gasteiger partial charge in [0.15, 0.2) is 0 Å². The predicted octanol–water partition coefficient (Wildman–Crippen LogP) is 3.01. The average molecular weight is 293 g/mol. The molecule has 0 radical (unpaired) electrons. The Morgan fingerprint density at radius 2 is 1.65 bits per heavy atom. The van der Waals surface area contributed by atoms with Crippen molar-refractivity contribution >= 4 is 10.0 Å². The Kier molecular flexibility index (Phi) is 4.52. The molecule has 20 heavy (non-hydrogen) atoms. The Labute approximate surface area is 118 Å². The Hall–Kier alpha value is -1.72. The van der Waals surface area contributed by atoms with E-state index in [1.165, 1.54) is 6.07 Å². The molecule has 5 heteroatoms. The molecule has 0 aromatic heterocycles. The third kappa shape index (κ3) is 3.88. The van der Waals surface area contributed by atoms with Crippen molar-refractivity contribution in [2.45, 2.75) is 18.7 Å². The third-order valence-electron chi connectivity index (χ3n) is 2.93. The third-order valence-corrected chi connectivity index (χ3v) is 4.35. The van der Waals surface area contributed by atoms with Crippen molar-refractivity contribution in [2.75, 3.05) is 0 Å². The first kappa shape index (κ1) is 14.7. The molecular formula is C15H16FNO2S. The summed E-state index contributed by atoms with van der Waals surface area (Å²) in [5, 5.41) is 0. The van der Waals surface area contributed by atoms with Crippen molar-refractivity contribution in [1.82, 2.24) is 4.72 Å². The Morgan fingerprint density at radius 3 is 2.30 bits per heavy atom. The van der Waals surface area contributed by atoms with Crippen LogP contribution in [0.3, 0.4) is 0 Å². The van der Waals surface area contributed by atoms with Crippen LogP contribution in [0, 0.1) is 5.82 Å². The minimum Gasteiger partial charge on any atom is -0.212 e. The number of sulfonamides is 1. The molecule has 1 unspecified atom stereocenters. The zero-order valence-electron chi connectivity index (χ0n) is 11.1. The Morgan fingerprint density at radius 1 is 1.05 bits per heavy atom.